The van der Waals surface area contributed by atoms with Crippen molar-refractivity contribution in [1.82, 2.24) is 19.9 Å². The van der Waals surface area contributed by atoms with E-state index in [1.54, 1.807) is 29.8 Å². The summed E-state index contributed by atoms with van der Waals surface area (Å²) in [5.41, 5.74) is 3.26. The van der Waals surface area contributed by atoms with Crippen LogP contribution in [0.3, 0.4) is 0 Å². The molecule has 4 aromatic heterocycles. The van der Waals surface area contributed by atoms with Crippen LogP contribution in [0.25, 0.3) is 32.5 Å². The summed E-state index contributed by atoms with van der Waals surface area (Å²) in [5, 5.41) is 3.62. The zero-order valence-electron chi connectivity index (χ0n) is 17.0. The Balaban J connectivity index is 1.38. The molecule has 0 fully saturated rings. The number of pyridine rings is 2. The van der Waals surface area contributed by atoms with Crippen LogP contribution in [0.5, 0.6) is 5.75 Å². The second kappa shape index (κ2) is 8.28. The molecule has 4 heterocycles. The van der Waals surface area contributed by atoms with E-state index in [0.717, 1.165) is 28.5 Å². The van der Waals surface area contributed by atoms with E-state index in [4.69, 9.17) is 4.74 Å². The maximum absolute atomic E-state index is 12.8. The predicted octanol–water partition coefficient (Wildman–Crippen LogP) is 4.91. The Kier molecular flexibility index (Phi) is 5.18. The molecule has 0 atom stereocenters. The van der Waals surface area contributed by atoms with Gasteiger partial charge in [-0.15, -0.1) is 11.3 Å². The number of H-pyrrole nitrogens is 1. The number of nitrogens with one attached hydrogen (secondary N) is 1. The Bertz CT molecular complexity index is 1430. The van der Waals surface area contributed by atoms with E-state index in [1.807, 2.05) is 48.8 Å². The third-order valence-electron chi connectivity index (χ3n) is 5.20. The van der Waals surface area contributed by atoms with Gasteiger partial charge in [-0.05, 0) is 78.1 Å². The molecular formula is C24H20N4O2S. The van der Waals surface area contributed by atoms with Crippen molar-refractivity contribution in [2.45, 2.75) is 19.8 Å². The minimum Gasteiger partial charge on any atom is -0.493 e. The average molecular weight is 429 g/mol. The molecule has 0 bridgehead atoms. The Hall–Kier alpha value is -3.58. The smallest absolute Gasteiger partial charge is 0.259 e. The van der Waals surface area contributed by atoms with Gasteiger partial charge in [-0.2, -0.15) is 0 Å². The van der Waals surface area contributed by atoms with E-state index in [2.05, 4.69) is 19.9 Å². The highest BCUT2D eigenvalue weighted by molar-refractivity contribution is 7.17. The van der Waals surface area contributed by atoms with Crippen molar-refractivity contribution < 1.29 is 4.74 Å². The van der Waals surface area contributed by atoms with Gasteiger partial charge >= 0.3 is 0 Å². The minimum atomic E-state index is -0.200. The summed E-state index contributed by atoms with van der Waals surface area (Å²) >= 11 is 1.64. The van der Waals surface area contributed by atoms with Crippen molar-refractivity contribution in [1.29, 1.82) is 0 Å². The molecule has 0 aliphatic rings. The molecule has 7 heteroatoms. The first kappa shape index (κ1) is 19.4. The molecule has 5 rings (SSSR count). The molecular weight excluding hydrogens is 408 g/mol. The van der Waals surface area contributed by atoms with Gasteiger partial charge in [0.2, 0.25) is 0 Å². The number of hydrogen-bond acceptors (Lipinski definition) is 6. The number of aromatic nitrogens is 4. The van der Waals surface area contributed by atoms with E-state index >= 15 is 0 Å². The van der Waals surface area contributed by atoms with E-state index < -0.39 is 0 Å². The monoisotopic (exact) mass is 428 g/mol. The summed E-state index contributed by atoms with van der Waals surface area (Å²) in [7, 11) is 0. The number of hydrogen-bond donors (Lipinski definition) is 1. The third kappa shape index (κ3) is 4.04. The van der Waals surface area contributed by atoms with Crippen molar-refractivity contribution in [3.05, 3.63) is 81.8 Å². The fourth-order valence-corrected chi connectivity index (χ4v) is 4.29. The summed E-state index contributed by atoms with van der Waals surface area (Å²) in [6.45, 7) is 2.54. The van der Waals surface area contributed by atoms with Gasteiger partial charge in [0.25, 0.3) is 5.56 Å². The summed E-state index contributed by atoms with van der Waals surface area (Å²) < 4.78 is 7.07. The van der Waals surface area contributed by atoms with Crippen LogP contribution in [-0.2, 0) is 6.42 Å². The lowest BCUT2D eigenvalue weighted by atomic mass is 10.1. The first-order chi connectivity index (χ1) is 15.2. The fraction of sp³-hybridized carbons (Fsp3) is 0.167. The van der Waals surface area contributed by atoms with Gasteiger partial charge in [0, 0.05) is 18.6 Å². The van der Waals surface area contributed by atoms with Gasteiger partial charge in [0.1, 0.15) is 11.4 Å². The second-order valence-corrected chi connectivity index (χ2v) is 8.33. The second-order valence-electron chi connectivity index (χ2n) is 7.38. The number of nitrogens with zero attached hydrogens (tertiary/aromatic N) is 3. The third-order valence-corrected chi connectivity index (χ3v) is 6.07. The lowest BCUT2D eigenvalue weighted by molar-refractivity contribution is 0.309. The summed E-state index contributed by atoms with van der Waals surface area (Å²) in [5.74, 6) is 1.18. The maximum Gasteiger partial charge on any atom is 0.259 e. The van der Waals surface area contributed by atoms with Crippen LogP contribution in [-0.4, -0.2) is 26.5 Å². The average Bonchev–Trinajstić information content (AvgIpc) is 3.26. The van der Waals surface area contributed by atoms with Crippen molar-refractivity contribution in [2.75, 3.05) is 6.61 Å². The van der Waals surface area contributed by atoms with Crippen molar-refractivity contribution >= 4 is 32.3 Å². The van der Waals surface area contributed by atoms with Gasteiger partial charge in [0.15, 0.2) is 5.82 Å². The van der Waals surface area contributed by atoms with Crippen molar-refractivity contribution in [2.24, 2.45) is 0 Å². The normalized spacial score (nSPS) is 11.3. The first-order valence-electron chi connectivity index (χ1n) is 10.1. The lowest BCUT2D eigenvalue weighted by Crippen LogP contribution is -2.11. The molecule has 154 valence electrons. The maximum atomic E-state index is 12.8. The van der Waals surface area contributed by atoms with E-state index in [1.165, 1.54) is 5.56 Å². The highest BCUT2D eigenvalue weighted by Crippen LogP contribution is 2.26. The largest absolute Gasteiger partial charge is 0.493 e. The molecule has 1 N–H and O–H groups in total. The van der Waals surface area contributed by atoms with Crippen LogP contribution in [0.15, 0.2) is 65.2 Å². The molecule has 0 unspecified atom stereocenters. The van der Waals surface area contributed by atoms with Crippen LogP contribution in [0.2, 0.25) is 0 Å². The number of thiophene rings is 1. The molecule has 1 aromatic carbocycles. The molecule has 0 saturated carbocycles. The first-order valence-corrected chi connectivity index (χ1v) is 11.0. The van der Waals surface area contributed by atoms with Gasteiger partial charge in [0.05, 0.1) is 22.2 Å². The molecule has 0 amide bonds. The molecule has 0 spiro atoms. The highest BCUT2D eigenvalue weighted by Gasteiger charge is 2.11. The Morgan fingerprint density at radius 3 is 2.87 bits per heavy atom. The predicted molar refractivity (Wildman–Crippen MR) is 124 cm³/mol. The zero-order chi connectivity index (χ0) is 21.2. The fourth-order valence-electron chi connectivity index (χ4n) is 3.55. The van der Waals surface area contributed by atoms with Gasteiger partial charge in [-0.3, -0.25) is 14.8 Å². The standard InChI is InChI=1S/C24H20N4O2S/c1-15-11-19-18(13-21(15)30-9-2-3-16-4-7-25-8-5-16)24(29)28-23(27-19)20-12-17-6-10-31-22(17)14-26-20/h4-8,10-14H,2-3,9H2,1H3,(H,27,28,29). The van der Waals surface area contributed by atoms with E-state index in [9.17, 15) is 4.79 Å². The molecule has 31 heavy (non-hydrogen) atoms. The van der Waals surface area contributed by atoms with Crippen LogP contribution in [0.4, 0.5) is 0 Å². The lowest BCUT2D eigenvalue weighted by Gasteiger charge is -2.11. The minimum absolute atomic E-state index is 0.200. The number of rotatable bonds is 6. The highest BCUT2D eigenvalue weighted by atomic mass is 32.1. The SMILES string of the molecule is Cc1cc2nc(-c3cc4ccsc4cn3)[nH]c(=O)c2cc1OCCCc1ccncc1. The number of ether oxygens (including phenoxy) is 1. The van der Waals surface area contributed by atoms with E-state index in [0.29, 0.717) is 34.8 Å². The molecule has 0 aliphatic heterocycles. The zero-order valence-corrected chi connectivity index (χ0v) is 17.8. The molecule has 6 nitrogen and oxygen atoms in total. The van der Waals surface area contributed by atoms with Crippen molar-refractivity contribution in [3.63, 3.8) is 0 Å². The topological polar surface area (TPSA) is 80.8 Å². The summed E-state index contributed by atoms with van der Waals surface area (Å²) in [6, 6.07) is 11.7. The molecule has 5 aromatic rings. The van der Waals surface area contributed by atoms with Crippen LogP contribution in [0, 0.1) is 6.92 Å². The Labute approximate surface area is 182 Å². The van der Waals surface area contributed by atoms with Gasteiger partial charge < -0.3 is 9.72 Å². The van der Waals surface area contributed by atoms with Crippen LogP contribution < -0.4 is 10.3 Å². The molecule has 0 aliphatic carbocycles. The Morgan fingerprint density at radius 1 is 1.13 bits per heavy atom. The van der Waals surface area contributed by atoms with E-state index in [-0.39, 0.29) is 5.56 Å². The van der Waals surface area contributed by atoms with Crippen LogP contribution in [0.1, 0.15) is 17.5 Å². The van der Waals surface area contributed by atoms with Crippen LogP contribution >= 0.6 is 11.3 Å². The number of fused-ring (bicyclic) bond motifs is 2. The van der Waals surface area contributed by atoms with Gasteiger partial charge in [-0.1, -0.05) is 0 Å². The van der Waals surface area contributed by atoms with Crippen molar-refractivity contribution in [3.8, 4) is 17.3 Å². The van der Waals surface area contributed by atoms with Gasteiger partial charge in [-0.25, -0.2) is 4.98 Å². The number of benzene rings is 1. The molecule has 0 radical (unpaired) electrons. The molecule has 0 saturated heterocycles. The number of aryl methyl sites for hydroxylation is 2. The summed E-state index contributed by atoms with van der Waals surface area (Å²) in [6.07, 6.45) is 7.21. The summed E-state index contributed by atoms with van der Waals surface area (Å²) in [4.78, 5) is 28.8. The Morgan fingerprint density at radius 2 is 2.00 bits per heavy atom. The number of aromatic amines is 1. The quantitative estimate of drug-likeness (QED) is 0.389.